The van der Waals surface area contributed by atoms with E-state index in [0.717, 1.165) is 16.5 Å². The molecule has 0 saturated heterocycles. The second-order valence-corrected chi connectivity index (χ2v) is 4.15. The van der Waals surface area contributed by atoms with Crippen LogP contribution in [0, 0.1) is 17.1 Å². The molecule has 0 saturated carbocycles. The van der Waals surface area contributed by atoms with Gasteiger partial charge in [-0.3, -0.25) is 4.98 Å². The zero-order valence-corrected chi connectivity index (χ0v) is 9.97. The molecule has 1 aromatic heterocycles. The van der Waals surface area contributed by atoms with Gasteiger partial charge in [0.25, 0.3) is 0 Å². The van der Waals surface area contributed by atoms with Crippen LogP contribution in [0.5, 0.6) is 0 Å². The molecule has 1 heterocycles. The van der Waals surface area contributed by atoms with Crippen LogP contribution >= 0.6 is 0 Å². The van der Waals surface area contributed by atoms with Gasteiger partial charge in [-0.25, -0.2) is 4.39 Å². The van der Waals surface area contributed by atoms with Gasteiger partial charge in [-0.2, -0.15) is 5.26 Å². The van der Waals surface area contributed by atoms with E-state index in [2.05, 4.69) is 4.98 Å². The Morgan fingerprint density at radius 3 is 2.53 bits per heavy atom. The first-order chi connectivity index (χ1) is 9.31. The van der Waals surface area contributed by atoms with Crippen LogP contribution in [0.1, 0.15) is 5.56 Å². The maximum atomic E-state index is 13.7. The van der Waals surface area contributed by atoms with Crippen molar-refractivity contribution in [1.29, 1.82) is 5.26 Å². The lowest BCUT2D eigenvalue weighted by atomic mass is 9.97. The Hall–Kier alpha value is -2.73. The number of nitrogens with zero attached hydrogens (tertiary/aromatic N) is 2. The van der Waals surface area contributed by atoms with E-state index in [1.165, 1.54) is 6.07 Å². The minimum atomic E-state index is -0.507. The van der Waals surface area contributed by atoms with Gasteiger partial charge in [0, 0.05) is 22.7 Å². The molecule has 0 unspecified atom stereocenters. The molecule has 0 amide bonds. The molecule has 0 N–H and O–H groups in total. The summed E-state index contributed by atoms with van der Waals surface area (Å²) in [6.07, 6.45) is 1.69. The predicted octanol–water partition coefficient (Wildman–Crippen LogP) is 3.91. The molecule has 0 aliphatic carbocycles. The van der Waals surface area contributed by atoms with Crippen LogP contribution in [0.15, 0.2) is 54.7 Å². The number of hydrogen-bond acceptors (Lipinski definition) is 2. The summed E-state index contributed by atoms with van der Waals surface area (Å²) in [5.41, 5.74) is 2.17. The fraction of sp³-hybridized carbons (Fsp3) is 0. The van der Waals surface area contributed by atoms with Crippen LogP contribution in [-0.2, 0) is 0 Å². The third-order valence-corrected chi connectivity index (χ3v) is 3.05. The molecule has 0 fully saturated rings. The van der Waals surface area contributed by atoms with E-state index in [0.29, 0.717) is 5.56 Å². The molecular formula is C16H9FN2. The highest BCUT2D eigenvalue weighted by molar-refractivity contribution is 5.94. The molecule has 3 rings (SSSR count). The van der Waals surface area contributed by atoms with E-state index in [9.17, 15) is 4.39 Å². The number of benzene rings is 2. The monoisotopic (exact) mass is 248 g/mol. The Kier molecular flexibility index (Phi) is 2.70. The molecule has 0 radical (unpaired) electrons. The van der Waals surface area contributed by atoms with Crippen molar-refractivity contribution in [2.45, 2.75) is 0 Å². The fourth-order valence-electron chi connectivity index (χ4n) is 2.18. The minimum Gasteiger partial charge on any atom is -0.256 e. The number of pyridine rings is 1. The number of hydrogen-bond donors (Lipinski definition) is 0. The highest BCUT2D eigenvalue weighted by atomic mass is 19.1. The van der Waals surface area contributed by atoms with E-state index in [4.69, 9.17) is 5.26 Å². The third kappa shape index (κ3) is 1.84. The smallest absolute Gasteiger partial charge is 0.141 e. The van der Waals surface area contributed by atoms with E-state index in [1.54, 1.807) is 18.3 Å². The summed E-state index contributed by atoms with van der Waals surface area (Å²) in [5, 5.41) is 10.1. The second-order valence-electron chi connectivity index (χ2n) is 4.15. The summed E-state index contributed by atoms with van der Waals surface area (Å²) < 4.78 is 13.7. The Bertz CT molecular complexity index is 798. The Morgan fingerprint density at radius 1 is 0.947 bits per heavy atom. The molecule has 19 heavy (non-hydrogen) atoms. The van der Waals surface area contributed by atoms with Crippen LogP contribution in [-0.4, -0.2) is 4.98 Å². The summed E-state index contributed by atoms with van der Waals surface area (Å²) in [5.74, 6) is -0.507. The zero-order valence-electron chi connectivity index (χ0n) is 9.97. The standard InChI is InChI=1S/C16H9FN2/c17-15-8-2-6-12(14(15)10-18)13-7-1-4-11-5-3-9-19-16(11)13/h1-9H. The lowest BCUT2D eigenvalue weighted by Gasteiger charge is -2.08. The van der Waals surface area contributed by atoms with Crippen LogP contribution in [0.4, 0.5) is 4.39 Å². The molecule has 3 aromatic rings. The molecule has 2 aromatic carbocycles. The van der Waals surface area contributed by atoms with Gasteiger partial charge in [0.05, 0.1) is 11.1 Å². The first-order valence-electron chi connectivity index (χ1n) is 5.84. The SMILES string of the molecule is N#Cc1c(F)cccc1-c1cccc2cccnc12. The molecule has 0 aliphatic rings. The van der Waals surface area contributed by atoms with Crippen molar-refractivity contribution in [3.05, 3.63) is 66.1 Å². The number of halogens is 1. The van der Waals surface area contributed by atoms with Gasteiger partial charge in [0.2, 0.25) is 0 Å². The van der Waals surface area contributed by atoms with Gasteiger partial charge in [-0.1, -0.05) is 36.4 Å². The molecular weight excluding hydrogens is 239 g/mol. The van der Waals surface area contributed by atoms with Crippen molar-refractivity contribution in [3.8, 4) is 17.2 Å². The zero-order chi connectivity index (χ0) is 13.2. The van der Waals surface area contributed by atoms with Crippen LogP contribution in [0.3, 0.4) is 0 Å². The minimum absolute atomic E-state index is 0.0562. The van der Waals surface area contributed by atoms with Crippen molar-refractivity contribution in [2.24, 2.45) is 0 Å². The highest BCUT2D eigenvalue weighted by Gasteiger charge is 2.12. The summed E-state index contributed by atoms with van der Waals surface area (Å²) >= 11 is 0. The molecule has 90 valence electrons. The topological polar surface area (TPSA) is 36.7 Å². The number of fused-ring (bicyclic) bond motifs is 1. The summed E-state index contributed by atoms with van der Waals surface area (Å²) in [6, 6.07) is 16.0. The van der Waals surface area contributed by atoms with Gasteiger partial charge in [-0.05, 0) is 12.1 Å². The number of rotatable bonds is 1. The average Bonchev–Trinajstić information content (AvgIpc) is 2.46. The number of para-hydroxylation sites is 1. The Morgan fingerprint density at radius 2 is 1.68 bits per heavy atom. The van der Waals surface area contributed by atoms with E-state index < -0.39 is 5.82 Å². The Balaban J connectivity index is 2.38. The van der Waals surface area contributed by atoms with E-state index >= 15 is 0 Å². The maximum absolute atomic E-state index is 13.7. The average molecular weight is 248 g/mol. The maximum Gasteiger partial charge on any atom is 0.141 e. The lowest BCUT2D eigenvalue weighted by molar-refractivity contribution is 0.624. The van der Waals surface area contributed by atoms with Crippen molar-refractivity contribution in [1.82, 2.24) is 4.98 Å². The largest absolute Gasteiger partial charge is 0.256 e. The van der Waals surface area contributed by atoms with E-state index in [1.807, 2.05) is 36.4 Å². The molecule has 0 spiro atoms. The van der Waals surface area contributed by atoms with Crippen LogP contribution in [0.25, 0.3) is 22.0 Å². The van der Waals surface area contributed by atoms with E-state index in [-0.39, 0.29) is 5.56 Å². The van der Waals surface area contributed by atoms with Crippen LogP contribution in [0.2, 0.25) is 0 Å². The van der Waals surface area contributed by atoms with Crippen molar-refractivity contribution >= 4 is 10.9 Å². The Labute approximate surface area is 109 Å². The van der Waals surface area contributed by atoms with Crippen molar-refractivity contribution in [2.75, 3.05) is 0 Å². The van der Waals surface area contributed by atoms with Gasteiger partial charge < -0.3 is 0 Å². The molecule has 0 bridgehead atoms. The third-order valence-electron chi connectivity index (χ3n) is 3.05. The molecule has 3 heteroatoms. The number of aromatic nitrogens is 1. The summed E-state index contributed by atoms with van der Waals surface area (Å²) in [6.45, 7) is 0. The van der Waals surface area contributed by atoms with Gasteiger partial charge in [0.15, 0.2) is 0 Å². The van der Waals surface area contributed by atoms with Crippen LogP contribution < -0.4 is 0 Å². The lowest BCUT2D eigenvalue weighted by Crippen LogP contribution is -1.91. The summed E-state index contributed by atoms with van der Waals surface area (Å²) in [7, 11) is 0. The quantitative estimate of drug-likeness (QED) is 0.654. The van der Waals surface area contributed by atoms with Crippen molar-refractivity contribution in [3.63, 3.8) is 0 Å². The van der Waals surface area contributed by atoms with Crippen molar-refractivity contribution < 1.29 is 4.39 Å². The fourth-order valence-corrected chi connectivity index (χ4v) is 2.18. The van der Waals surface area contributed by atoms with Gasteiger partial charge in [-0.15, -0.1) is 0 Å². The molecule has 0 aliphatic heterocycles. The summed E-state index contributed by atoms with van der Waals surface area (Å²) in [4.78, 5) is 4.33. The first kappa shape index (κ1) is 11.4. The predicted molar refractivity (Wildman–Crippen MR) is 71.9 cm³/mol. The molecule has 2 nitrogen and oxygen atoms in total. The first-order valence-corrected chi connectivity index (χ1v) is 5.84. The molecule has 0 atom stereocenters. The second kappa shape index (κ2) is 4.51. The van der Waals surface area contributed by atoms with Gasteiger partial charge >= 0.3 is 0 Å². The van der Waals surface area contributed by atoms with Gasteiger partial charge in [0.1, 0.15) is 11.9 Å². The number of nitriles is 1. The highest BCUT2D eigenvalue weighted by Crippen LogP contribution is 2.30. The normalized spacial score (nSPS) is 10.3.